The summed E-state index contributed by atoms with van der Waals surface area (Å²) in [6, 6.07) is 13.2. The number of hydrogen-bond donors (Lipinski definition) is 0. The summed E-state index contributed by atoms with van der Waals surface area (Å²) in [5.41, 5.74) is 0.587. The van der Waals surface area contributed by atoms with Crippen molar-refractivity contribution in [3.63, 3.8) is 0 Å². The third-order valence-electron chi connectivity index (χ3n) is 4.13. The number of nitriles is 1. The Hall–Kier alpha value is -2.43. The van der Waals surface area contributed by atoms with Gasteiger partial charge in [-0.05, 0) is 42.5 Å². The van der Waals surface area contributed by atoms with Crippen LogP contribution in [0.4, 0.5) is 8.78 Å². The Morgan fingerprint density at radius 2 is 1.96 bits per heavy atom. The maximum atomic E-state index is 13.5. The Labute approximate surface area is 162 Å². The molecule has 3 aromatic rings. The molecule has 4 nitrogen and oxygen atoms in total. The van der Waals surface area contributed by atoms with Crippen molar-refractivity contribution >= 4 is 33.3 Å². The van der Waals surface area contributed by atoms with Crippen molar-refractivity contribution in [2.75, 3.05) is 12.9 Å². The van der Waals surface area contributed by atoms with E-state index in [1.54, 1.807) is 36.6 Å². The van der Waals surface area contributed by atoms with E-state index in [0.717, 1.165) is 0 Å². The summed E-state index contributed by atoms with van der Waals surface area (Å²) in [6.07, 6.45) is -1.10. The second kappa shape index (κ2) is 8.07. The summed E-state index contributed by atoms with van der Waals surface area (Å²) >= 11 is 6.17. The predicted molar refractivity (Wildman–Crippen MR) is 101 cm³/mol. The van der Waals surface area contributed by atoms with Crippen molar-refractivity contribution in [1.82, 2.24) is 4.57 Å². The minimum atomic E-state index is -2.68. The van der Waals surface area contributed by atoms with Crippen LogP contribution in [-0.4, -0.2) is 21.6 Å². The molecular weight excluding hydrogens is 394 g/mol. The van der Waals surface area contributed by atoms with E-state index in [2.05, 4.69) is 0 Å². The van der Waals surface area contributed by atoms with E-state index in [0.29, 0.717) is 21.5 Å². The molecule has 0 radical (unpaired) electrons. The van der Waals surface area contributed by atoms with Crippen LogP contribution in [-0.2, 0) is 17.3 Å². The Morgan fingerprint density at radius 1 is 1.26 bits per heavy atom. The maximum absolute atomic E-state index is 13.5. The normalized spacial score (nSPS) is 12.3. The van der Waals surface area contributed by atoms with E-state index in [-0.39, 0.29) is 29.4 Å². The van der Waals surface area contributed by atoms with E-state index < -0.39 is 17.2 Å². The van der Waals surface area contributed by atoms with E-state index in [4.69, 9.17) is 21.6 Å². The topological polar surface area (TPSA) is 55.0 Å². The average molecular weight is 409 g/mol. The van der Waals surface area contributed by atoms with Crippen molar-refractivity contribution in [3.05, 3.63) is 58.7 Å². The molecule has 0 aliphatic carbocycles. The molecule has 1 heterocycles. The van der Waals surface area contributed by atoms with Crippen molar-refractivity contribution in [2.45, 2.75) is 17.9 Å². The molecule has 27 heavy (non-hydrogen) atoms. The summed E-state index contributed by atoms with van der Waals surface area (Å²) in [4.78, 5) is 0.682. The van der Waals surface area contributed by atoms with Gasteiger partial charge in [-0.1, -0.05) is 11.6 Å². The van der Waals surface area contributed by atoms with Gasteiger partial charge in [-0.15, -0.1) is 0 Å². The molecule has 0 aliphatic rings. The first-order valence-electron chi connectivity index (χ1n) is 7.98. The molecule has 2 aromatic carbocycles. The molecule has 0 amide bonds. The zero-order chi connectivity index (χ0) is 19.6. The van der Waals surface area contributed by atoms with Gasteiger partial charge in [-0.3, -0.25) is 4.21 Å². The number of ether oxygens (including phenoxy) is 1. The van der Waals surface area contributed by atoms with Crippen LogP contribution in [0.1, 0.15) is 17.7 Å². The van der Waals surface area contributed by atoms with Gasteiger partial charge in [0.05, 0.1) is 28.3 Å². The highest BCUT2D eigenvalue weighted by atomic mass is 35.5. The van der Waals surface area contributed by atoms with Crippen LogP contribution in [0.25, 0.3) is 10.9 Å². The van der Waals surface area contributed by atoms with Crippen LogP contribution in [0.2, 0.25) is 5.02 Å². The minimum absolute atomic E-state index is 0.162. The Morgan fingerprint density at radius 3 is 2.56 bits per heavy atom. The molecule has 8 heteroatoms. The fourth-order valence-corrected chi connectivity index (χ4v) is 3.60. The van der Waals surface area contributed by atoms with Crippen LogP contribution in [0, 0.1) is 11.3 Å². The SMILES string of the molecule is CS(=O)c1ccc(OCCn2c(C(F)F)cc3c(Cl)c(C#N)ccc32)cc1. The third-order valence-corrected chi connectivity index (χ3v) is 5.48. The summed E-state index contributed by atoms with van der Waals surface area (Å²) in [7, 11) is -1.07. The van der Waals surface area contributed by atoms with Crippen LogP contribution >= 0.6 is 11.6 Å². The molecule has 0 bridgehead atoms. The summed E-state index contributed by atoms with van der Waals surface area (Å²) in [5, 5.41) is 9.64. The lowest BCUT2D eigenvalue weighted by molar-refractivity contribution is 0.140. The van der Waals surface area contributed by atoms with Crippen LogP contribution in [0.5, 0.6) is 5.75 Å². The highest BCUT2D eigenvalue weighted by Gasteiger charge is 2.19. The Balaban J connectivity index is 1.83. The first kappa shape index (κ1) is 19.3. The largest absolute Gasteiger partial charge is 0.492 e. The van der Waals surface area contributed by atoms with Gasteiger partial charge >= 0.3 is 0 Å². The van der Waals surface area contributed by atoms with Gasteiger partial charge in [0.25, 0.3) is 6.43 Å². The summed E-state index contributed by atoms with van der Waals surface area (Å²) < 4.78 is 45.4. The van der Waals surface area contributed by atoms with Crippen LogP contribution in [0.15, 0.2) is 47.4 Å². The molecule has 1 unspecified atom stereocenters. The number of fused-ring (bicyclic) bond motifs is 1. The quantitative estimate of drug-likeness (QED) is 0.581. The lowest BCUT2D eigenvalue weighted by atomic mass is 10.1. The third kappa shape index (κ3) is 3.97. The molecular formula is C19H15ClF2N2O2S. The molecule has 0 fully saturated rings. The number of halogens is 3. The highest BCUT2D eigenvalue weighted by Crippen LogP contribution is 2.33. The molecule has 0 spiro atoms. The van der Waals surface area contributed by atoms with Crippen molar-refractivity contribution in [1.29, 1.82) is 5.26 Å². The molecule has 1 atom stereocenters. The van der Waals surface area contributed by atoms with E-state index in [1.807, 2.05) is 6.07 Å². The molecule has 0 N–H and O–H groups in total. The lowest BCUT2D eigenvalue weighted by Crippen LogP contribution is -2.11. The lowest BCUT2D eigenvalue weighted by Gasteiger charge is -2.12. The first-order chi connectivity index (χ1) is 12.9. The molecule has 0 saturated carbocycles. The van der Waals surface area contributed by atoms with Gasteiger partial charge in [0.2, 0.25) is 0 Å². The van der Waals surface area contributed by atoms with Gasteiger partial charge in [-0.25, -0.2) is 8.78 Å². The smallest absolute Gasteiger partial charge is 0.278 e. The number of nitrogens with zero attached hydrogens (tertiary/aromatic N) is 2. The van der Waals surface area contributed by atoms with E-state index in [1.165, 1.54) is 16.7 Å². The Bertz CT molecular complexity index is 1040. The molecule has 3 rings (SSSR count). The van der Waals surface area contributed by atoms with Crippen LogP contribution in [0.3, 0.4) is 0 Å². The van der Waals surface area contributed by atoms with E-state index >= 15 is 0 Å². The van der Waals surface area contributed by atoms with Gasteiger partial charge in [-0.2, -0.15) is 5.26 Å². The highest BCUT2D eigenvalue weighted by molar-refractivity contribution is 7.84. The molecule has 1 aromatic heterocycles. The number of hydrogen-bond acceptors (Lipinski definition) is 3. The van der Waals surface area contributed by atoms with Gasteiger partial charge in [0, 0.05) is 27.3 Å². The van der Waals surface area contributed by atoms with Crippen molar-refractivity contribution in [3.8, 4) is 11.8 Å². The van der Waals surface area contributed by atoms with Gasteiger partial charge < -0.3 is 9.30 Å². The zero-order valence-electron chi connectivity index (χ0n) is 14.3. The van der Waals surface area contributed by atoms with E-state index in [9.17, 15) is 13.0 Å². The second-order valence-electron chi connectivity index (χ2n) is 5.77. The first-order valence-corrected chi connectivity index (χ1v) is 9.92. The maximum Gasteiger partial charge on any atom is 0.278 e. The fraction of sp³-hybridized carbons (Fsp3) is 0.211. The zero-order valence-corrected chi connectivity index (χ0v) is 15.9. The minimum Gasteiger partial charge on any atom is -0.492 e. The van der Waals surface area contributed by atoms with Crippen molar-refractivity contribution < 1.29 is 17.7 Å². The Kier molecular flexibility index (Phi) is 5.78. The molecule has 0 saturated heterocycles. The summed E-state index contributed by atoms with van der Waals surface area (Å²) in [5.74, 6) is 0.559. The van der Waals surface area contributed by atoms with Crippen molar-refractivity contribution in [2.24, 2.45) is 0 Å². The second-order valence-corrected chi connectivity index (χ2v) is 7.52. The van der Waals surface area contributed by atoms with Gasteiger partial charge in [0.1, 0.15) is 18.4 Å². The van der Waals surface area contributed by atoms with Crippen LogP contribution < -0.4 is 4.74 Å². The molecule has 0 aliphatic heterocycles. The number of benzene rings is 2. The van der Waals surface area contributed by atoms with Gasteiger partial charge in [0.15, 0.2) is 0 Å². The standard InChI is InChI=1S/C19H15ClF2N2O2S/c1-27(25)14-5-3-13(4-6-14)26-9-8-24-16-7-2-12(11-23)18(20)15(16)10-17(24)19(21)22/h2-7,10,19H,8-9H2,1H3. The number of alkyl halides is 2. The predicted octanol–water partition coefficient (Wildman–Crippen LogP) is 4.92. The number of rotatable bonds is 6. The average Bonchev–Trinajstić information content (AvgIpc) is 3.02. The monoisotopic (exact) mass is 408 g/mol. The number of aromatic nitrogens is 1. The molecule has 140 valence electrons. The summed E-state index contributed by atoms with van der Waals surface area (Å²) in [6.45, 7) is 0.350. The fourth-order valence-electron chi connectivity index (χ4n) is 2.82.